The van der Waals surface area contributed by atoms with Crippen molar-refractivity contribution < 1.29 is 19.4 Å². The highest BCUT2D eigenvalue weighted by Gasteiger charge is 2.23. The molecule has 0 aromatic heterocycles. The second-order valence-electron chi connectivity index (χ2n) is 6.18. The van der Waals surface area contributed by atoms with Gasteiger partial charge in [-0.25, -0.2) is 4.79 Å². The summed E-state index contributed by atoms with van der Waals surface area (Å²) in [7, 11) is 1.64. The van der Waals surface area contributed by atoms with E-state index in [2.05, 4.69) is 13.8 Å². The summed E-state index contributed by atoms with van der Waals surface area (Å²) >= 11 is 0. The van der Waals surface area contributed by atoms with E-state index in [1.54, 1.807) is 7.05 Å². The van der Waals surface area contributed by atoms with Crippen LogP contribution in [0.2, 0.25) is 0 Å². The number of ketones is 1. The smallest absolute Gasteiger partial charge is 0.410 e. The van der Waals surface area contributed by atoms with Crippen LogP contribution in [0.3, 0.4) is 0 Å². The summed E-state index contributed by atoms with van der Waals surface area (Å²) in [5, 5.41) is 8.95. The number of amides is 1. The third kappa shape index (κ3) is 7.28. The summed E-state index contributed by atoms with van der Waals surface area (Å²) in [6.07, 6.45) is 1.31. The van der Waals surface area contributed by atoms with Crippen LogP contribution in [0, 0.1) is 5.92 Å². The Morgan fingerprint density at radius 2 is 1.83 bits per heavy atom. The third-order valence-corrected chi connectivity index (χ3v) is 3.76. The van der Waals surface area contributed by atoms with Gasteiger partial charge in [0.1, 0.15) is 13.2 Å². The van der Waals surface area contributed by atoms with E-state index < -0.39 is 12.7 Å². The Balaban J connectivity index is 2.60. The third-order valence-electron chi connectivity index (χ3n) is 3.76. The second-order valence-corrected chi connectivity index (χ2v) is 6.18. The molecule has 0 spiro atoms. The van der Waals surface area contributed by atoms with Crippen molar-refractivity contribution in [2.75, 3.05) is 13.7 Å². The number of benzene rings is 1. The van der Waals surface area contributed by atoms with Crippen LogP contribution in [0.4, 0.5) is 4.79 Å². The van der Waals surface area contributed by atoms with Gasteiger partial charge in [-0.05, 0) is 24.3 Å². The molecule has 1 rings (SSSR count). The largest absolute Gasteiger partial charge is 0.445 e. The molecule has 0 aliphatic heterocycles. The van der Waals surface area contributed by atoms with Crippen LogP contribution in [0.1, 0.15) is 38.7 Å². The lowest BCUT2D eigenvalue weighted by molar-refractivity contribution is -0.122. The van der Waals surface area contributed by atoms with E-state index in [9.17, 15) is 9.59 Å². The number of nitrogens with zero attached hydrogens (tertiary/aromatic N) is 1. The molecule has 0 bridgehead atoms. The van der Waals surface area contributed by atoms with E-state index in [1.165, 1.54) is 4.90 Å². The zero-order chi connectivity index (χ0) is 17.2. The highest BCUT2D eigenvalue weighted by Crippen LogP contribution is 2.16. The first-order valence-corrected chi connectivity index (χ1v) is 8.00. The van der Waals surface area contributed by atoms with Crippen molar-refractivity contribution in [3.63, 3.8) is 0 Å². The predicted molar refractivity (Wildman–Crippen MR) is 89.0 cm³/mol. The summed E-state index contributed by atoms with van der Waals surface area (Å²) in [5.74, 6) is 0.219. The van der Waals surface area contributed by atoms with Crippen molar-refractivity contribution in [3.8, 4) is 0 Å². The number of carbonyl (C=O) groups is 2. The maximum absolute atomic E-state index is 12.2. The summed E-state index contributed by atoms with van der Waals surface area (Å²) in [6, 6.07) is 9.20. The molecule has 23 heavy (non-hydrogen) atoms. The van der Waals surface area contributed by atoms with Gasteiger partial charge in [-0.2, -0.15) is 0 Å². The minimum atomic E-state index is -0.495. The van der Waals surface area contributed by atoms with Crippen molar-refractivity contribution in [2.45, 2.75) is 45.8 Å². The lowest BCUT2D eigenvalue weighted by Crippen LogP contribution is -2.39. The molecule has 1 N–H and O–H groups in total. The second kappa shape index (κ2) is 10.0. The van der Waals surface area contributed by atoms with Gasteiger partial charge in [0.2, 0.25) is 0 Å². The van der Waals surface area contributed by atoms with Crippen LogP contribution in [0.5, 0.6) is 0 Å². The van der Waals surface area contributed by atoms with Gasteiger partial charge in [0.25, 0.3) is 0 Å². The molecule has 1 aromatic rings. The van der Waals surface area contributed by atoms with Crippen LogP contribution in [0.15, 0.2) is 30.3 Å². The van der Waals surface area contributed by atoms with Gasteiger partial charge in [-0.15, -0.1) is 0 Å². The first-order valence-electron chi connectivity index (χ1n) is 8.00. The van der Waals surface area contributed by atoms with Gasteiger partial charge in [-0.3, -0.25) is 4.79 Å². The first-order chi connectivity index (χ1) is 10.9. The van der Waals surface area contributed by atoms with Crippen molar-refractivity contribution in [2.24, 2.45) is 5.92 Å². The summed E-state index contributed by atoms with van der Waals surface area (Å²) < 4.78 is 5.31. The standard InChI is InChI=1S/C18H27NO4/c1-14(2)9-10-16(11-17(21)12-20)19(3)18(22)23-13-15-7-5-4-6-8-15/h4-8,14,16,20H,9-13H2,1-3H3/t16-/m0/s1. The minimum Gasteiger partial charge on any atom is -0.445 e. The van der Waals surface area contributed by atoms with Crippen LogP contribution < -0.4 is 0 Å². The van der Waals surface area contributed by atoms with E-state index in [0.29, 0.717) is 12.3 Å². The molecule has 1 aromatic carbocycles. The van der Waals surface area contributed by atoms with Crippen molar-refractivity contribution in [3.05, 3.63) is 35.9 Å². The number of rotatable bonds is 9. The van der Waals surface area contributed by atoms with E-state index in [4.69, 9.17) is 9.84 Å². The summed E-state index contributed by atoms with van der Waals surface area (Å²) in [4.78, 5) is 25.2. The lowest BCUT2D eigenvalue weighted by Gasteiger charge is -2.27. The lowest BCUT2D eigenvalue weighted by atomic mass is 9.99. The maximum Gasteiger partial charge on any atom is 0.410 e. The number of aliphatic hydroxyl groups excluding tert-OH is 1. The molecule has 1 atom stereocenters. The Bertz CT molecular complexity index is 487. The van der Waals surface area contributed by atoms with Crippen LogP contribution in [-0.2, 0) is 16.1 Å². The van der Waals surface area contributed by atoms with Crippen molar-refractivity contribution >= 4 is 11.9 Å². The molecule has 0 aliphatic rings. The zero-order valence-electron chi connectivity index (χ0n) is 14.2. The highest BCUT2D eigenvalue weighted by molar-refractivity contribution is 5.80. The Morgan fingerprint density at radius 3 is 2.39 bits per heavy atom. The SMILES string of the molecule is CC(C)CC[C@@H](CC(=O)CO)N(C)C(=O)OCc1ccccc1. The fourth-order valence-corrected chi connectivity index (χ4v) is 2.26. The molecule has 0 radical (unpaired) electrons. The average Bonchev–Trinajstić information content (AvgIpc) is 2.56. The fourth-order valence-electron chi connectivity index (χ4n) is 2.26. The molecule has 5 nitrogen and oxygen atoms in total. The van der Waals surface area contributed by atoms with Gasteiger partial charge in [0.15, 0.2) is 5.78 Å². The van der Waals surface area contributed by atoms with Crippen molar-refractivity contribution in [1.29, 1.82) is 0 Å². The Kier molecular flexibility index (Phi) is 8.33. The zero-order valence-corrected chi connectivity index (χ0v) is 14.2. The Hall–Kier alpha value is -1.88. The van der Waals surface area contributed by atoms with Gasteiger partial charge in [-0.1, -0.05) is 44.2 Å². The van der Waals surface area contributed by atoms with Crippen LogP contribution >= 0.6 is 0 Å². The van der Waals surface area contributed by atoms with Crippen molar-refractivity contribution in [1.82, 2.24) is 4.90 Å². The van der Waals surface area contributed by atoms with Gasteiger partial charge in [0, 0.05) is 19.5 Å². The Labute approximate surface area is 138 Å². The first kappa shape index (κ1) is 19.2. The molecular formula is C18H27NO4. The van der Waals surface area contributed by atoms with E-state index in [1.807, 2.05) is 30.3 Å². The topological polar surface area (TPSA) is 66.8 Å². The highest BCUT2D eigenvalue weighted by atomic mass is 16.6. The normalized spacial score (nSPS) is 12.0. The molecule has 128 valence electrons. The molecule has 0 unspecified atom stereocenters. The number of Topliss-reactive ketones (excluding diaryl/α,β-unsaturated/α-hetero) is 1. The predicted octanol–water partition coefficient (Wildman–Crippen LogP) is 3.01. The number of hydrogen-bond donors (Lipinski definition) is 1. The number of carbonyl (C=O) groups excluding carboxylic acids is 2. The quantitative estimate of drug-likeness (QED) is 0.759. The molecule has 0 saturated heterocycles. The maximum atomic E-state index is 12.2. The Morgan fingerprint density at radius 1 is 1.17 bits per heavy atom. The van der Waals surface area contributed by atoms with Crippen LogP contribution in [0.25, 0.3) is 0 Å². The number of aliphatic hydroxyl groups is 1. The van der Waals surface area contributed by atoms with E-state index in [-0.39, 0.29) is 24.9 Å². The number of ether oxygens (including phenoxy) is 1. The molecule has 0 aliphatic carbocycles. The molecule has 0 fully saturated rings. The molecule has 0 saturated carbocycles. The monoisotopic (exact) mass is 321 g/mol. The minimum absolute atomic E-state index is 0.153. The van der Waals surface area contributed by atoms with Crippen LogP contribution in [-0.4, -0.2) is 41.6 Å². The van der Waals surface area contributed by atoms with Gasteiger partial charge in [0.05, 0.1) is 0 Å². The van der Waals surface area contributed by atoms with E-state index in [0.717, 1.165) is 12.0 Å². The van der Waals surface area contributed by atoms with Gasteiger partial charge < -0.3 is 14.7 Å². The molecule has 0 heterocycles. The molecule has 5 heteroatoms. The number of hydrogen-bond acceptors (Lipinski definition) is 4. The molecular weight excluding hydrogens is 294 g/mol. The summed E-state index contributed by atoms with van der Waals surface area (Å²) in [5.41, 5.74) is 0.916. The molecule has 1 amide bonds. The average molecular weight is 321 g/mol. The van der Waals surface area contributed by atoms with E-state index >= 15 is 0 Å². The van der Waals surface area contributed by atoms with Gasteiger partial charge >= 0.3 is 6.09 Å². The summed E-state index contributed by atoms with van der Waals surface area (Å²) in [6.45, 7) is 3.90. The fraction of sp³-hybridized carbons (Fsp3) is 0.556.